The van der Waals surface area contributed by atoms with E-state index in [1.165, 1.54) is 37.6 Å². The molecule has 0 atom stereocenters. The van der Waals surface area contributed by atoms with E-state index in [1.54, 1.807) is 6.07 Å². The number of ether oxygens (including phenoxy) is 1. The van der Waals surface area contributed by atoms with Crippen LogP contribution in [0.2, 0.25) is 0 Å². The Morgan fingerprint density at radius 2 is 1.96 bits per heavy atom. The van der Waals surface area contributed by atoms with E-state index in [1.807, 2.05) is 25.1 Å². The van der Waals surface area contributed by atoms with Crippen LogP contribution >= 0.6 is 0 Å². The van der Waals surface area contributed by atoms with Crippen LogP contribution in [0.15, 0.2) is 54.2 Å². The summed E-state index contributed by atoms with van der Waals surface area (Å²) < 4.78 is 5.22. The SMILES string of the molecule is COc1ccc(C)cc1N/C=C(/C#N)C(=O)Nc1ccc([N+](=O)[O-])cc1. The van der Waals surface area contributed by atoms with Crippen LogP contribution in [-0.4, -0.2) is 17.9 Å². The Kier molecular flexibility index (Phi) is 5.90. The lowest BCUT2D eigenvalue weighted by Crippen LogP contribution is -2.14. The number of carbonyl (C=O) groups excluding carboxylic acids is 1. The molecular formula is C18H16N4O4. The van der Waals surface area contributed by atoms with Gasteiger partial charge in [-0.15, -0.1) is 0 Å². The van der Waals surface area contributed by atoms with Crippen molar-refractivity contribution in [3.8, 4) is 11.8 Å². The molecule has 0 fully saturated rings. The number of nitro benzene ring substituents is 1. The number of non-ortho nitro benzene ring substituents is 1. The summed E-state index contributed by atoms with van der Waals surface area (Å²) in [5.74, 6) is -0.0691. The molecule has 2 rings (SSSR count). The number of methoxy groups -OCH3 is 1. The molecule has 0 saturated heterocycles. The van der Waals surface area contributed by atoms with Gasteiger partial charge in [-0.3, -0.25) is 14.9 Å². The van der Waals surface area contributed by atoms with Gasteiger partial charge in [0.2, 0.25) is 0 Å². The summed E-state index contributed by atoms with van der Waals surface area (Å²) in [5, 5.41) is 25.2. The molecular weight excluding hydrogens is 336 g/mol. The van der Waals surface area contributed by atoms with Crippen LogP contribution in [0.5, 0.6) is 5.75 Å². The number of benzene rings is 2. The van der Waals surface area contributed by atoms with Crippen molar-refractivity contribution in [3.63, 3.8) is 0 Å². The number of carbonyl (C=O) groups is 1. The minimum atomic E-state index is -0.638. The number of rotatable bonds is 6. The maximum absolute atomic E-state index is 12.2. The third-order valence-electron chi connectivity index (χ3n) is 3.43. The number of nitriles is 1. The maximum atomic E-state index is 12.2. The van der Waals surface area contributed by atoms with Crippen molar-refractivity contribution in [1.29, 1.82) is 5.26 Å². The van der Waals surface area contributed by atoms with Crippen molar-refractivity contribution in [2.45, 2.75) is 6.92 Å². The maximum Gasteiger partial charge on any atom is 0.269 e. The quantitative estimate of drug-likeness (QED) is 0.356. The number of hydrogen-bond acceptors (Lipinski definition) is 6. The second kappa shape index (κ2) is 8.30. The molecule has 26 heavy (non-hydrogen) atoms. The Balaban J connectivity index is 2.13. The number of anilines is 2. The molecule has 1 amide bonds. The summed E-state index contributed by atoms with van der Waals surface area (Å²) in [4.78, 5) is 22.3. The average molecular weight is 352 g/mol. The zero-order valence-corrected chi connectivity index (χ0v) is 14.1. The van der Waals surface area contributed by atoms with Crippen molar-refractivity contribution >= 4 is 23.0 Å². The Hall–Kier alpha value is -3.86. The first-order valence-electron chi connectivity index (χ1n) is 7.52. The summed E-state index contributed by atoms with van der Waals surface area (Å²) in [6, 6.07) is 12.6. The second-order valence-electron chi connectivity index (χ2n) is 5.28. The molecule has 0 aliphatic heterocycles. The molecule has 0 bridgehead atoms. The van der Waals surface area contributed by atoms with Gasteiger partial charge >= 0.3 is 0 Å². The molecule has 132 valence electrons. The van der Waals surface area contributed by atoms with Crippen LogP contribution in [0.1, 0.15) is 5.56 Å². The number of nitrogens with one attached hydrogen (secondary N) is 2. The van der Waals surface area contributed by atoms with Gasteiger partial charge in [0.25, 0.3) is 11.6 Å². The van der Waals surface area contributed by atoms with Crippen LogP contribution in [-0.2, 0) is 4.79 Å². The Bertz CT molecular complexity index is 898. The average Bonchev–Trinajstić information content (AvgIpc) is 2.63. The smallest absolute Gasteiger partial charge is 0.269 e. The molecule has 0 spiro atoms. The standard InChI is InChI=1S/C18H16N4O4/c1-12-3-8-17(26-2)16(9-12)20-11-13(10-19)18(23)21-14-4-6-15(7-5-14)22(24)25/h3-9,11,20H,1-2H3,(H,21,23)/b13-11-. The predicted molar refractivity (Wildman–Crippen MR) is 96.8 cm³/mol. The Labute approximate surface area is 149 Å². The fourth-order valence-corrected chi connectivity index (χ4v) is 2.10. The van der Waals surface area contributed by atoms with E-state index in [0.29, 0.717) is 17.1 Å². The molecule has 2 aromatic rings. The van der Waals surface area contributed by atoms with Gasteiger partial charge in [0.15, 0.2) is 0 Å². The van der Waals surface area contributed by atoms with E-state index in [4.69, 9.17) is 4.74 Å². The van der Waals surface area contributed by atoms with Gasteiger partial charge in [-0.2, -0.15) is 5.26 Å². The fraction of sp³-hybridized carbons (Fsp3) is 0.111. The largest absolute Gasteiger partial charge is 0.495 e. The lowest BCUT2D eigenvalue weighted by molar-refractivity contribution is -0.384. The second-order valence-corrected chi connectivity index (χ2v) is 5.28. The first-order chi connectivity index (χ1) is 12.4. The molecule has 8 nitrogen and oxygen atoms in total. The highest BCUT2D eigenvalue weighted by Crippen LogP contribution is 2.25. The van der Waals surface area contributed by atoms with E-state index in [-0.39, 0.29) is 11.3 Å². The lowest BCUT2D eigenvalue weighted by atomic mass is 10.2. The number of hydrogen-bond donors (Lipinski definition) is 2. The normalized spacial score (nSPS) is 10.6. The number of nitro groups is 1. The van der Waals surface area contributed by atoms with E-state index in [0.717, 1.165) is 5.56 Å². The van der Waals surface area contributed by atoms with Gasteiger partial charge in [0.05, 0.1) is 17.7 Å². The van der Waals surface area contributed by atoms with Crippen LogP contribution in [0.25, 0.3) is 0 Å². The summed E-state index contributed by atoms with van der Waals surface area (Å²) in [6.45, 7) is 1.90. The summed E-state index contributed by atoms with van der Waals surface area (Å²) >= 11 is 0. The molecule has 0 unspecified atom stereocenters. The number of aryl methyl sites for hydroxylation is 1. The van der Waals surface area contributed by atoms with Crippen LogP contribution in [0, 0.1) is 28.4 Å². The molecule has 0 aliphatic carbocycles. The van der Waals surface area contributed by atoms with E-state index >= 15 is 0 Å². The van der Waals surface area contributed by atoms with Crippen molar-refractivity contribution < 1.29 is 14.5 Å². The van der Waals surface area contributed by atoms with Crippen LogP contribution in [0.4, 0.5) is 17.1 Å². The van der Waals surface area contributed by atoms with E-state index in [9.17, 15) is 20.2 Å². The third-order valence-corrected chi connectivity index (χ3v) is 3.43. The third kappa shape index (κ3) is 4.58. The molecule has 0 radical (unpaired) electrons. The molecule has 8 heteroatoms. The van der Waals surface area contributed by atoms with Gasteiger partial charge in [-0.1, -0.05) is 6.07 Å². The first-order valence-corrected chi connectivity index (χ1v) is 7.52. The molecule has 2 N–H and O–H groups in total. The predicted octanol–water partition coefficient (Wildman–Crippen LogP) is 3.37. The lowest BCUT2D eigenvalue weighted by Gasteiger charge is -2.09. The van der Waals surface area contributed by atoms with Gasteiger partial charge in [-0.25, -0.2) is 0 Å². The molecule has 0 heterocycles. The van der Waals surface area contributed by atoms with Gasteiger partial charge in [-0.05, 0) is 36.8 Å². The number of nitrogens with zero attached hydrogens (tertiary/aromatic N) is 2. The molecule has 0 saturated carbocycles. The minimum absolute atomic E-state index is 0.0905. The topological polar surface area (TPSA) is 117 Å². The van der Waals surface area contributed by atoms with E-state index in [2.05, 4.69) is 10.6 Å². The minimum Gasteiger partial charge on any atom is -0.495 e. The van der Waals surface area contributed by atoms with Gasteiger partial charge < -0.3 is 15.4 Å². The molecule has 0 aromatic heterocycles. The Morgan fingerprint density at radius 3 is 2.54 bits per heavy atom. The highest BCUT2D eigenvalue weighted by Gasteiger charge is 2.11. The Morgan fingerprint density at radius 1 is 1.27 bits per heavy atom. The monoisotopic (exact) mass is 352 g/mol. The number of amides is 1. The van der Waals surface area contributed by atoms with Crippen LogP contribution < -0.4 is 15.4 Å². The van der Waals surface area contributed by atoms with Crippen molar-refractivity contribution in [1.82, 2.24) is 0 Å². The van der Waals surface area contributed by atoms with Crippen molar-refractivity contribution in [3.05, 3.63) is 69.9 Å². The van der Waals surface area contributed by atoms with Crippen molar-refractivity contribution in [2.75, 3.05) is 17.7 Å². The summed E-state index contributed by atoms with van der Waals surface area (Å²) in [7, 11) is 1.52. The highest BCUT2D eigenvalue weighted by molar-refractivity contribution is 6.06. The molecule has 0 aliphatic rings. The summed E-state index contributed by atoms with van der Waals surface area (Å²) in [5.41, 5.74) is 1.69. The van der Waals surface area contributed by atoms with Gasteiger partial charge in [0.1, 0.15) is 17.4 Å². The molecule has 2 aromatic carbocycles. The van der Waals surface area contributed by atoms with E-state index < -0.39 is 10.8 Å². The van der Waals surface area contributed by atoms with Crippen LogP contribution in [0.3, 0.4) is 0 Å². The highest BCUT2D eigenvalue weighted by atomic mass is 16.6. The van der Waals surface area contributed by atoms with Crippen molar-refractivity contribution in [2.24, 2.45) is 0 Å². The zero-order valence-electron chi connectivity index (χ0n) is 14.1. The zero-order chi connectivity index (χ0) is 19.1. The fourth-order valence-electron chi connectivity index (χ4n) is 2.10. The summed E-state index contributed by atoms with van der Waals surface area (Å²) in [6.07, 6.45) is 1.28. The van der Waals surface area contributed by atoms with Gasteiger partial charge in [0, 0.05) is 24.0 Å². The first kappa shape index (κ1) is 18.5.